The molecule has 0 saturated carbocycles. The molecule has 1 heterocycles. The third-order valence-electron chi connectivity index (χ3n) is 2.54. The van der Waals surface area contributed by atoms with Crippen LogP contribution >= 0.6 is 0 Å². The SMILES string of the molecule is O=C(Nc1ncco1)N[C@@H](c1c(F)cccc1F)C(F)(F)F. The van der Waals surface area contributed by atoms with Crippen molar-refractivity contribution in [3.8, 4) is 0 Å². The molecule has 0 radical (unpaired) electrons. The number of carbonyl (C=O) groups excluding carboxylic acids is 1. The van der Waals surface area contributed by atoms with Gasteiger partial charge in [0.2, 0.25) is 0 Å². The van der Waals surface area contributed by atoms with E-state index in [0.29, 0.717) is 12.1 Å². The Kier molecular flexibility index (Phi) is 4.29. The average Bonchev–Trinajstić information content (AvgIpc) is 2.89. The third-order valence-corrected chi connectivity index (χ3v) is 2.54. The molecule has 0 aliphatic carbocycles. The van der Waals surface area contributed by atoms with Crippen LogP contribution in [0.4, 0.5) is 32.8 Å². The fourth-order valence-electron chi connectivity index (χ4n) is 1.65. The predicted molar refractivity (Wildman–Crippen MR) is 63.8 cm³/mol. The summed E-state index contributed by atoms with van der Waals surface area (Å²) in [6, 6.07) is -2.40. The maximum Gasteiger partial charge on any atom is 0.413 e. The molecule has 0 spiro atoms. The van der Waals surface area contributed by atoms with Crippen LogP contribution in [0.15, 0.2) is 35.1 Å². The second-order valence-corrected chi connectivity index (χ2v) is 4.05. The van der Waals surface area contributed by atoms with Crippen molar-refractivity contribution in [2.24, 2.45) is 0 Å². The maximum atomic E-state index is 13.5. The summed E-state index contributed by atoms with van der Waals surface area (Å²) >= 11 is 0. The summed E-state index contributed by atoms with van der Waals surface area (Å²) in [5, 5.41) is 3.30. The van der Waals surface area contributed by atoms with E-state index in [-0.39, 0.29) is 6.01 Å². The Morgan fingerprint density at radius 1 is 1.23 bits per heavy atom. The zero-order chi connectivity index (χ0) is 16.3. The van der Waals surface area contributed by atoms with Gasteiger partial charge < -0.3 is 9.73 Å². The molecular formula is C12H8F5N3O2. The van der Waals surface area contributed by atoms with Crippen LogP contribution in [0.25, 0.3) is 0 Å². The van der Waals surface area contributed by atoms with Gasteiger partial charge in [0.25, 0.3) is 0 Å². The van der Waals surface area contributed by atoms with Crippen LogP contribution in [-0.4, -0.2) is 17.2 Å². The lowest BCUT2D eigenvalue weighted by molar-refractivity contribution is -0.156. The molecule has 2 aromatic rings. The fourth-order valence-corrected chi connectivity index (χ4v) is 1.65. The summed E-state index contributed by atoms with van der Waals surface area (Å²) < 4.78 is 70.6. The number of carbonyl (C=O) groups is 1. The van der Waals surface area contributed by atoms with Gasteiger partial charge in [0.1, 0.15) is 17.9 Å². The second kappa shape index (κ2) is 6.00. The summed E-state index contributed by atoms with van der Waals surface area (Å²) in [6.07, 6.45) is -2.89. The molecule has 1 aromatic carbocycles. The van der Waals surface area contributed by atoms with Crippen molar-refractivity contribution < 1.29 is 31.2 Å². The van der Waals surface area contributed by atoms with Crippen LogP contribution in [-0.2, 0) is 0 Å². The number of nitrogens with one attached hydrogen (secondary N) is 2. The Labute approximate surface area is 120 Å². The first-order valence-electron chi connectivity index (χ1n) is 5.76. The van der Waals surface area contributed by atoms with Gasteiger partial charge in [-0.3, -0.25) is 5.32 Å². The molecule has 118 valence electrons. The van der Waals surface area contributed by atoms with E-state index >= 15 is 0 Å². The van der Waals surface area contributed by atoms with E-state index in [9.17, 15) is 26.7 Å². The number of hydrogen-bond acceptors (Lipinski definition) is 3. The molecule has 0 saturated heterocycles. The summed E-state index contributed by atoms with van der Waals surface area (Å²) in [6.45, 7) is 0. The summed E-state index contributed by atoms with van der Waals surface area (Å²) in [4.78, 5) is 15.0. The molecule has 0 fully saturated rings. The standard InChI is InChI=1S/C12H8F5N3O2/c13-6-2-1-3-7(14)8(6)9(12(15,16)17)19-10(21)20-11-18-4-5-22-11/h1-5,9H,(H2,18,19,20,21)/t9-/m0/s1. The third kappa shape index (κ3) is 3.51. The minimum atomic E-state index is -5.11. The van der Waals surface area contributed by atoms with Gasteiger partial charge in [-0.05, 0) is 12.1 Å². The molecule has 10 heteroatoms. The molecule has 0 unspecified atom stereocenters. The largest absolute Gasteiger partial charge is 0.432 e. The van der Waals surface area contributed by atoms with Crippen molar-refractivity contribution in [3.63, 3.8) is 0 Å². The Hall–Kier alpha value is -2.65. The van der Waals surface area contributed by atoms with Crippen molar-refractivity contribution >= 4 is 12.0 Å². The van der Waals surface area contributed by atoms with Crippen LogP contribution in [0.3, 0.4) is 0 Å². The number of anilines is 1. The number of amides is 2. The first kappa shape index (κ1) is 15.7. The predicted octanol–water partition coefficient (Wildman–Crippen LogP) is 3.38. The second-order valence-electron chi connectivity index (χ2n) is 4.05. The van der Waals surface area contributed by atoms with E-state index in [2.05, 4.69) is 9.40 Å². The molecule has 1 aromatic heterocycles. The molecule has 5 nitrogen and oxygen atoms in total. The first-order valence-corrected chi connectivity index (χ1v) is 5.76. The van der Waals surface area contributed by atoms with Crippen LogP contribution in [0.5, 0.6) is 0 Å². The number of alkyl halides is 3. The highest BCUT2D eigenvalue weighted by molar-refractivity contribution is 5.87. The Balaban J connectivity index is 2.26. The minimum absolute atomic E-state index is 0.368. The molecule has 2 rings (SSSR count). The zero-order valence-corrected chi connectivity index (χ0v) is 10.6. The molecule has 0 bridgehead atoms. The van der Waals surface area contributed by atoms with Gasteiger partial charge in [-0.1, -0.05) is 6.07 Å². The molecule has 2 amide bonds. The molecule has 0 aliphatic heterocycles. The van der Waals surface area contributed by atoms with E-state index < -0.39 is 35.4 Å². The molecule has 1 atom stereocenters. The molecule has 22 heavy (non-hydrogen) atoms. The quantitative estimate of drug-likeness (QED) is 0.852. The number of oxazole rings is 1. The van der Waals surface area contributed by atoms with Gasteiger partial charge in [0.05, 0.1) is 11.8 Å². The van der Waals surface area contributed by atoms with E-state index in [1.165, 1.54) is 5.32 Å². The summed E-state index contributed by atoms with van der Waals surface area (Å²) in [5.74, 6) is -2.86. The van der Waals surface area contributed by atoms with Crippen molar-refractivity contribution in [2.75, 3.05) is 5.32 Å². The molecule has 2 N–H and O–H groups in total. The zero-order valence-electron chi connectivity index (χ0n) is 10.6. The number of halogens is 5. The van der Waals surface area contributed by atoms with Crippen molar-refractivity contribution in [2.45, 2.75) is 12.2 Å². The normalized spacial score (nSPS) is 12.8. The average molecular weight is 321 g/mol. The maximum absolute atomic E-state index is 13.5. The number of urea groups is 1. The number of rotatable bonds is 3. The highest BCUT2D eigenvalue weighted by Crippen LogP contribution is 2.35. The first-order chi connectivity index (χ1) is 10.3. The topological polar surface area (TPSA) is 67.2 Å². The van der Waals surface area contributed by atoms with Crippen LogP contribution in [0.1, 0.15) is 11.6 Å². The van der Waals surface area contributed by atoms with E-state index in [4.69, 9.17) is 0 Å². The van der Waals surface area contributed by atoms with Gasteiger partial charge >= 0.3 is 18.2 Å². The lowest BCUT2D eigenvalue weighted by Crippen LogP contribution is -2.41. The number of hydrogen-bond donors (Lipinski definition) is 2. The van der Waals surface area contributed by atoms with E-state index in [1.807, 2.05) is 5.32 Å². The van der Waals surface area contributed by atoms with Gasteiger partial charge in [0, 0.05) is 0 Å². The smallest absolute Gasteiger partial charge is 0.413 e. The van der Waals surface area contributed by atoms with Gasteiger partial charge in [-0.25, -0.2) is 18.6 Å². The highest BCUT2D eigenvalue weighted by atomic mass is 19.4. The van der Waals surface area contributed by atoms with Crippen LogP contribution in [0.2, 0.25) is 0 Å². The van der Waals surface area contributed by atoms with Gasteiger partial charge in [-0.15, -0.1) is 0 Å². The van der Waals surface area contributed by atoms with Crippen molar-refractivity contribution in [3.05, 3.63) is 47.9 Å². The fraction of sp³-hybridized carbons (Fsp3) is 0.167. The Morgan fingerprint density at radius 3 is 2.36 bits per heavy atom. The number of aromatic nitrogens is 1. The lowest BCUT2D eigenvalue weighted by atomic mass is 10.1. The van der Waals surface area contributed by atoms with Crippen molar-refractivity contribution in [1.82, 2.24) is 10.3 Å². The Morgan fingerprint density at radius 2 is 1.86 bits per heavy atom. The molecule has 0 aliphatic rings. The lowest BCUT2D eigenvalue weighted by Gasteiger charge is -2.22. The van der Waals surface area contributed by atoms with Gasteiger partial charge in [0.15, 0.2) is 6.04 Å². The van der Waals surface area contributed by atoms with E-state index in [1.54, 1.807) is 0 Å². The monoisotopic (exact) mass is 321 g/mol. The van der Waals surface area contributed by atoms with Crippen molar-refractivity contribution in [1.29, 1.82) is 0 Å². The molecular weight excluding hydrogens is 313 g/mol. The van der Waals surface area contributed by atoms with Crippen LogP contribution < -0.4 is 10.6 Å². The minimum Gasteiger partial charge on any atom is -0.432 e. The van der Waals surface area contributed by atoms with E-state index in [0.717, 1.165) is 18.5 Å². The summed E-state index contributed by atoms with van der Waals surface area (Å²) in [7, 11) is 0. The Bertz CT molecular complexity index is 637. The number of nitrogens with zero attached hydrogens (tertiary/aromatic N) is 1. The van der Waals surface area contributed by atoms with Gasteiger partial charge in [-0.2, -0.15) is 13.2 Å². The highest BCUT2D eigenvalue weighted by Gasteiger charge is 2.45. The number of benzene rings is 1. The van der Waals surface area contributed by atoms with Crippen LogP contribution in [0, 0.1) is 11.6 Å². The summed E-state index contributed by atoms with van der Waals surface area (Å²) in [5.41, 5.74) is -1.31.